The minimum Gasteiger partial charge on any atom is -0.483 e. The van der Waals surface area contributed by atoms with E-state index < -0.39 is 53.7 Å². The summed E-state index contributed by atoms with van der Waals surface area (Å²) in [6.45, 7) is 0.805. The third-order valence-corrected chi connectivity index (χ3v) is 10.3. The number of imidazole rings is 1. The van der Waals surface area contributed by atoms with Gasteiger partial charge in [0.05, 0.1) is 40.2 Å². The molecule has 3 aromatic rings. The van der Waals surface area contributed by atoms with Gasteiger partial charge in [-0.2, -0.15) is 18.3 Å². The highest BCUT2D eigenvalue weighted by Gasteiger charge is 2.59. The van der Waals surface area contributed by atoms with Crippen LogP contribution in [0.15, 0.2) is 30.6 Å². The molecule has 3 heterocycles. The maximum Gasteiger partial charge on any atom is 0.435 e. The van der Waals surface area contributed by atoms with Crippen molar-refractivity contribution in [2.45, 2.75) is 68.4 Å². The molecule has 4 fully saturated rings. The molecule has 20 heteroatoms. The summed E-state index contributed by atoms with van der Waals surface area (Å²) in [5.74, 6) is -4.32. The van der Waals surface area contributed by atoms with Crippen molar-refractivity contribution in [3.8, 4) is 11.3 Å². The lowest BCUT2D eigenvalue weighted by Gasteiger charge is -2.39. The molecule has 4 unspecified atom stereocenters. The van der Waals surface area contributed by atoms with E-state index in [2.05, 4.69) is 26.0 Å². The summed E-state index contributed by atoms with van der Waals surface area (Å²) in [6, 6.07) is 2.11. The van der Waals surface area contributed by atoms with Crippen molar-refractivity contribution in [1.82, 2.24) is 34.9 Å². The summed E-state index contributed by atoms with van der Waals surface area (Å²) in [6.07, 6.45) is -1.23. The molecule has 1 aromatic carbocycles. The van der Waals surface area contributed by atoms with E-state index in [1.807, 2.05) is 0 Å². The van der Waals surface area contributed by atoms with E-state index in [-0.39, 0.29) is 64.2 Å². The number of halogens is 6. The van der Waals surface area contributed by atoms with Gasteiger partial charge in [-0.05, 0) is 49.8 Å². The van der Waals surface area contributed by atoms with Crippen molar-refractivity contribution >= 4 is 41.6 Å². The molecule has 14 nitrogen and oxygen atoms in total. The maximum absolute atomic E-state index is 13.8. The highest BCUT2D eigenvalue weighted by atomic mass is 35.5. The molecule has 5 N–H and O–H groups in total. The number of aliphatic hydroxyl groups excluding tert-OH is 1. The second kappa shape index (κ2) is 14.0. The number of fused-ring (bicyclic) bond motifs is 1. The molecule has 1 saturated heterocycles. The van der Waals surface area contributed by atoms with Crippen LogP contribution in [0.2, 0.25) is 5.02 Å². The van der Waals surface area contributed by atoms with Crippen LogP contribution in [0.1, 0.15) is 64.8 Å². The van der Waals surface area contributed by atoms with Crippen LogP contribution >= 0.6 is 11.6 Å². The van der Waals surface area contributed by atoms with E-state index in [1.165, 1.54) is 25.2 Å². The lowest BCUT2D eigenvalue weighted by Crippen LogP contribution is -2.52. The number of nitrogens with zero attached hydrogens (tertiary/aromatic N) is 5. The molecule has 0 spiro atoms. The Kier molecular flexibility index (Phi) is 9.95. The fraction of sp³-hybridized carbons (Fsp3) is 0.500. The zero-order valence-electron chi connectivity index (χ0n) is 27.4. The predicted molar refractivity (Wildman–Crippen MR) is 173 cm³/mol. The molecular weight excluding hydrogens is 723 g/mol. The van der Waals surface area contributed by atoms with Gasteiger partial charge in [-0.3, -0.25) is 19.1 Å². The van der Waals surface area contributed by atoms with Gasteiger partial charge in [-0.25, -0.2) is 18.6 Å². The Morgan fingerprint density at radius 1 is 1.10 bits per heavy atom. The van der Waals surface area contributed by atoms with Gasteiger partial charge in [0.15, 0.2) is 11.5 Å². The number of benzene rings is 1. The largest absolute Gasteiger partial charge is 0.483 e. The van der Waals surface area contributed by atoms with Crippen LogP contribution in [0.5, 0.6) is 0 Å². The van der Waals surface area contributed by atoms with E-state index in [9.17, 15) is 41.4 Å². The van der Waals surface area contributed by atoms with E-state index in [0.717, 1.165) is 29.8 Å². The molecule has 3 saturated carbocycles. The average molecular weight is 757 g/mol. The number of nitrogens with one attached hydrogen (secondary N) is 3. The van der Waals surface area contributed by atoms with Gasteiger partial charge in [0.1, 0.15) is 6.04 Å². The van der Waals surface area contributed by atoms with Gasteiger partial charge in [0.25, 0.3) is 24.2 Å². The SMILES string of the molecule is Cn1c(-c2cn(C3CC3(F)F)nc2C(F)(F)F)cnc1C(=O)Nc1ccc(C(=O)NC2CC3CN(C(=O)N[C@H]4CCC[C@@H]4O)CC32)c(Cl)c1.O=CO. The molecule has 4 amide bonds. The predicted octanol–water partition coefficient (Wildman–Crippen LogP) is 4.16. The lowest BCUT2D eigenvalue weighted by molar-refractivity contribution is -0.141. The highest BCUT2D eigenvalue weighted by molar-refractivity contribution is 6.34. The first-order chi connectivity index (χ1) is 24.5. The molecule has 4 aliphatic rings. The first kappa shape index (κ1) is 37.0. The topological polar surface area (TPSA) is 184 Å². The highest BCUT2D eigenvalue weighted by Crippen LogP contribution is 2.53. The number of hydrogen-bond donors (Lipinski definition) is 5. The van der Waals surface area contributed by atoms with Crippen LogP contribution < -0.4 is 16.0 Å². The van der Waals surface area contributed by atoms with Crippen molar-refractivity contribution in [2.75, 3.05) is 18.4 Å². The number of hydrogen-bond acceptors (Lipinski definition) is 7. The Morgan fingerprint density at radius 3 is 2.42 bits per heavy atom. The Bertz CT molecular complexity index is 1890. The van der Waals surface area contributed by atoms with Crippen LogP contribution in [0.25, 0.3) is 11.3 Å². The van der Waals surface area contributed by atoms with Gasteiger partial charge in [-0.15, -0.1) is 0 Å². The summed E-state index contributed by atoms with van der Waals surface area (Å²) in [7, 11) is 1.31. The first-order valence-corrected chi connectivity index (χ1v) is 16.7. The van der Waals surface area contributed by atoms with Crippen LogP contribution in [0.4, 0.5) is 32.4 Å². The standard InChI is InChI=1S/C31H32ClF5N8O4.CH2O2/c1-43-22(18-13-45(24-9-30(24,33)34)42-25(18)31(35,36)37)10-38-26(43)28(48)39-15-5-6-16(19(32)8-15)27(47)40-21-7-14-11-44(12-17(14)21)29(49)41-20-3-2-4-23(20)46;2-1-3/h5-6,8,10,13-14,17,20-21,23-24,46H,2-4,7,9,11-12H2,1H3,(H,39,48)(H,40,47)(H,41,49);1H,(H,2,3)/t14?,17?,20-,21?,23-,24?;/m0./s1. The minimum atomic E-state index is -4.95. The molecule has 3 aliphatic carbocycles. The van der Waals surface area contributed by atoms with Crippen molar-refractivity contribution < 1.29 is 51.3 Å². The molecule has 1 aliphatic heterocycles. The normalized spacial score (nSPS) is 25.7. The van der Waals surface area contributed by atoms with Crippen LogP contribution in [-0.2, 0) is 18.0 Å². The molecule has 280 valence electrons. The summed E-state index contributed by atoms with van der Waals surface area (Å²) in [4.78, 5) is 53.0. The number of carbonyl (C=O) groups excluding carboxylic acids is 3. The number of urea groups is 1. The number of likely N-dealkylation sites (tertiary alicyclic amines) is 1. The monoisotopic (exact) mass is 756 g/mol. The van der Waals surface area contributed by atoms with E-state index >= 15 is 0 Å². The van der Waals surface area contributed by atoms with Gasteiger partial charge in [0, 0.05) is 50.4 Å². The van der Waals surface area contributed by atoms with E-state index in [0.29, 0.717) is 30.6 Å². The van der Waals surface area contributed by atoms with Crippen LogP contribution in [0, 0.1) is 11.8 Å². The molecular formula is C32H34ClF5N8O6. The number of amides is 4. The minimum absolute atomic E-state index is 0.0355. The second-order valence-corrected chi connectivity index (χ2v) is 13.7. The van der Waals surface area contributed by atoms with Crippen molar-refractivity contribution in [3.63, 3.8) is 0 Å². The molecule has 0 bridgehead atoms. The number of aliphatic hydroxyl groups is 1. The smallest absolute Gasteiger partial charge is 0.435 e. The number of anilines is 1. The van der Waals surface area contributed by atoms with Gasteiger partial charge < -0.3 is 35.6 Å². The number of carboxylic acid groups (broad SMARTS) is 1. The van der Waals surface area contributed by atoms with Crippen molar-refractivity contribution in [1.29, 1.82) is 0 Å². The molecule has 2 aromatic heterocycles. The van der Waals surface area contributed by atoms with Gasteiger partial charge >= 0.3 is 12.2 Å². The quantitative estimate of drug-likeness (QED) is 0.176. The number of alkyl halides is 5. The Morgan fingerprint density at radius 2 is 1.81 bits per heavy atom. The third-order valence-electron chi connectivity index (χ3n) is 10.0. The van der Waals surface area contributed by atoms with Crippen LogP contribution in [0.3, 0.4) is 0 Å². The first-order valence-electron chi connectivity index (χ1n) is 16.3. The Labute approximate surface area is 297 Å². The number of aromatic nitrogens is 4. The Hall–Kier alpha value is -4.78. The van der Waals surface area contributed by atoms with Crippen LogP contribution in [-0.4, -0.2) is 96.0 Å². The Balaban J connectivity index is 0.00000150. The average Bonchev–Trinajstić information content (AvgIpc) is 3.57. The summed E-state index contributed by atoms with van der Waals surface area (Å²) < 4.78 is 70.1. The van der Waals surface area contributed by atoms with Gasteiger partial charge in [0.2, 0.25) is 0 Å². The summed E-state index contributed by atoms with van der Waals surface area (Å²) in [5.41, 5.74) is -1.70. The molecule has 52 heavy (non-hydrogen) atoms. The fourth-order valence-corrected chi connectivity index (χ4v) is 7.38. The maximum atomic E-state index is 13.8. The molecule has 7 rings (SSSR count). The number of carbonyl (C=O) groups is 4. The lowest BCUT2D eigenvalue weighted by atomic mass is 9.71. The van der Waals surface area contributed by atoms with Crippen molar-refractivity contribution in [2.24, 2.45) is 18.9 Å². The third kappa shape index (κ3) is 7.28. The number of rotatable bonds is 7. The summed E-state index contributed by atoms with van der Waals surface area (Å²) >= 11 is 6.41. The second-order valence-electron chi connectivity index (χ2n) is 13.3. The van der Waals surface area contributed by atoms with Crippen molar-refractivity contribution in [3.05, 3.63) is 52.7 Å². The zero-order chi connectivity index (χ0) is 37.7. The molecule has 0 radical (unpaired) electrons. The zero-order valence-corrected chi connectivity index (χ0v) is 28.2. The fourth-order valence-electron chi connectivity index (χ4n) is 7.11. The summed E-state index contributed by atoms with van der Waals surface area (Å²) in [5, 5.41) is 28.8. The van der Waals surface area contributed by atoms with E-state index in [4.69, 9.17) is 21.5 Å². The van der Waals surface area contributed by atoms with E-state index in [1.54, 1.807) is 4.90 Å². The molecule has 6 atom stereocenters. The van der Waals surface area contributed by atoms with Gasteiger partial charge in [-0.1, -0.05) is 11.6 Å².